The van der Waals surface area contributed by atoms with Crippen molar-refractivity contribution in [3.63, 3.8) is 0 Å². The quantitative estimate of drug-likeness (QED) is 0.725. The van der Waals surface area contributed by atoms with Crippen molar-refractivity contribution in [2.45, 2.75) is 32.2 Å². The summed E-state index contributed by atoms with van der Waals surface area (Å²) in [7, 11) is 1.83. The number of halogens is 1. The molecule has 1 atom stereocenters. The molecule has 0 amide bonds. The molecule has 1 rings (SSSR count). The number of nitrogens with one attached hydrogen (secondary N) is 1. The third kappa shape index (κ3) is 5.40. The molecule has 0 saturated carbocycles. The number of hydrogen-bond acceptors (Lipinski definition) is 3. The molecule has 0 spiro atoms. The van der Waals surface area contributed by atoms with Crippen molar-refractivity contribution in [3.05, 3.63) is 73.4 Å². The molecule has 0 radical (unpaired) electrons. The van der Waals surface area contributed by atoms with E-state index in [2.05, 4.69) is 36.7 Å². The highest BCUT2D eigenvalue weighted by Crippen LogP contribution is 2.25. The van der Waals surface area contributed by atoms with Crippen LogP contribution in [0.1, 0.15) is 26.2 Å². The molecule has 0 fully saturated rings. The first kappa shape index (κ1) is 18.7. The number of allylic oxidation sites excluding steroid dienone is 5. The van der Waals surface area contributed by atoms with Crippen LogP contribution < -0.4 is 5.32 Å². The fourth-order valence-electron chi connectivity index (χ4n) is 2.17. The molecule has 0 bridgehead atoms. The molecule has 0 aromatic carbocycles. The van der Waals surface area contributed by atoms with Gasteiger partial charge in [-0.25, -0.2) is 4.39 Å². The smallest absolute Gasteiger partial charge is 0.119 e. The van der Waals surface area contributed by atoms with Crippen LogP contribution in [0.2, 0.25) is 0 Å². The van der Waals surface area contributed by atoms with Crippen LogP contribution in [0.5, 0.6) is 0 Å². The predicted octanol–water partition coefficient (Wildman–Crippen LogP) is 4.62. The van der Waals surface area contributed by atoms with Gasteiger partial charge in [-0.1, -0.05) is 31.9 Å². The van der Waals surface area contributed by atoms with E-state index in [-0.39, 0.29) is 11.9 Å². The minimum atomic E-state index is -0.301. The highest BCUT2D eigenvalue weighted by molar-refractivity contribution is 5.83. The van der Waals surface area contributed by atoms with Gasteiger partial charge in [-0.2, -0.15) is 5.10 Å². The zero-order valence-corrected chi connectivity index (χ0v) is 14.1. The first-order chi connectivity index (χ1) is 10.9. The molecule has 0 aliphatic carbocycles. The van der Waals surface area contributed by atoms with Crippen LogP contribution >= 0.6 is 0 Å². The molecule has 23 heavy (non-hydrogen) atoms. The Bertz CT molecular complexity index is 581. The summed E-state index contributed by atoms with van der Waals surface area (Å²) >= 11 is 0. The van der Waals surface area contributed by atoms with Crippen LogP contribution in [0.25, 0.3) is 0 Å². The van der Waals surface area contributed by atoms with Crippen molar-refractivity contribution >= 4 is 5.71 Å². The maximum absolute atomic E-state index is 13.6. The summed E-state index contributed by atoms with van der Waals surface area (Å²) in [5, 5.41) is 9.55. The second-order valence-electron chi connectivity index (χ2n) is 5.44. The Morgan fingerprint density at radius 3 is 2.78 bits per heavy atom. The fourth-order valence-corrected chi connectivity index (χ4v) is 2.17. The highest BCUT2D eigenvalue weighted by atomic mass is 19.1. The molecule has 0 aromatic heterocycles. The van der Waals surface area contributed by atoms with Crippen LogP contribution in [0.15, 0.2) is 78.5 Å². The lowest BCUT2D eigenvalue weighted by Crippen LogP contribution is -2.36. The van der Waals surface area contributed by atoms with E-state index in [1.807, 2.05) is 25.1 Å². The Hall–Kier alpha value is -2.36. The molecule has 1 aliphatic rings. The predicted molar refractivity (Wildman–Crippen MR) is 97.6 cm³/mol. The van der Waals surface area contributed by atoms with Gasteiger partial charge < -0.3 is 5.32 Å². The third-order valence-corrected chi connectivity index (χ3v) is 3.62. The Labute approximate surface area is 139 Å². The second kappa shape index (κ2) is 8.93. The zero-order chi connectivity index (χ0) is 17.4. The SMILES string of the molecule is C=CCCC(C(=C)NC)N1/N=C(/C)C/C=C(F)\C=C/C(=C)C1=C. The number of hydrazone groups is 1. The molecule has 1 heterocycles. The van der Waals surface area contributed by atoms with Gasteiger partial charge in [0, 0.05) is 24.9 Å². The minimum absolute atomic E-state index is 0.0844. The summed E-state index contributed by atoms with van der Waals surface area (Å²) in [6, 6.07) is -0.0844. The van der Waals surface area contributed by atoms with E-state index >= 15 is 0 Å². The topological polar surface area (TPSA) is 27.6 Å². The summed E-state index contributed by atoms with van der Waals surface area (Å²) in [5.74, 6) is -0.301. The van der Waals surface area contributed by atoms with Crippen molar-refractivity contribution in [1.82, 2.24) is 10.3 Å². The van der Waals surface area contributed by atoms with Gasteiger partial charge in [-0.05, 0) is 37.5 Å². The van der Waals surface area contributed by atoms with E-state index in [0.717, 1.165) is 24.3 Å². The molecule has 4 heteroatoms. The molecule has 1 unspecified atom stereocenters. The molecular formula is C19H26FN3. The van der Waals surface area contributed by atoms with Gasteiger partial charge in [-0.3, -0.25) is 5.01 Å². The van der Waals surface area contributed by atoms with E-state index in [1.54, 1.807) is 6.08 Å². The summed E-state index contributed by atoms with van der Waals surface area (Å²) in [5.41, 5.74) is 2.86. The average molecular weight is 315 g/mol. The number of nitrogens with zero attached hydrogens (tertiary/aromatic N) is 2. The van der Waals surface area contributed by atoms with Crippen LogP contribution in [0.3, 0.4) is 0 Å². The van der Waals surface area contributed by atoms with Gasteiger partial charge in [-0.15, -0.1) is 6.58 Å². The van der Waals surface area contributed by atoms with Crippen molar-refractivity contribution in [2.75, 3.05) is 7.05 Å². The zero-order valence-electron chi connectivity index (χ0n) is 14.1. The van der Waals surface area contributed by atoms with E-state index in [4.69, 9.17) is 0 Å². The monoisotopic (exact) mass is 315 g/mol. The van der Waals surface area contributed by atoms with Crippen molar-refractivity contribution < 1.29 is 4.39 Å². The van der Waals surface area contributed by atoms with Gasteiger partial charge in [0.1, 0.15) is 5.83 Å². The number of hydrogen-bond donors (Lipinski definition) is 1. The summed E-state index contributed by atoms with van der Waals surface area (Å²) in [4.78, 5) is 0. The van der Waals surface area contributed by atoms with E-state index in [1.165, 1.54) is 12.2 Å². The van der Waals surface area contributed by atoms with Crippen LogP contribution in [0.4, 0.5) is 4.39 Å². The Kier molecular flexibility index (Phi) is 7.26. The van der Waals surface area contributed by atoms with Crippen molar-refractivity contribution in [2.24, 2.45) is 5.10 Å². The molecule has 1 aliphatic heterocycles. The highest BCUT2D eigenvalue weighted by Gasteiger charge is 2.23. The largest absolute Gasteiger partial charge is 0.390 e. The minimum Gasteiger partial charge on any atom is -0.390 e. The molecule has 1 N–H and O–H groups in total. The van der Waals surface area contributed by atoms with Crippen LogP contribution in [0, 0.1) is 0 Å². The molecular weight excluding hydrogens is 289 g/mol. The van der Waals surface area contributed by atoms with Gasteiger partial charge in [0.25, 0.3) is 0 Å². The summed E-state index contributed by atoms with van der Waals surface area (Å²) < 4.78 is 13.6. The first-order valence-corrected chi connectivity index (χ1v) is 7.63. The van der Waals surface area contributed by atoms with Gasteiger partial charge >= 0.3 is 0 Å². The van der Waals surface area contributed by atoms with Gasteiger partial charge in [0.2, 0.25) is 0 Å². The molecule has 0 saturated heterocycles. The van der Waals surface area contributed by atoms with Crippen molar-refractivity contribution in [3.8, 4) is 0 Å². The van der Waals surface area contributed by atoms with E-state index in [9.17, 15) is 4.39 Å². The lowest BCUT2D eigenvalue weighted by molar-refractivity contribution is 0.282. The van der Waals surface area contributed by atoms with E-state index in [0.29, 0.717) is 17.7 Å². The number of rotatable bonds is 6. The Morgan fingerprint density at radius 1 is 1.48 bits per heavy atom. The summed E-state index contributed by atoms with van der Waals surface area (Å²) in [6.07, 6.45) is 8.43. The normalized spacial score (nSPS) is 23.2. The Morgan fingerprint density at radius 2 is 2.17 bits per heavy atom. The molecule has 124 valence electrons. The lowest BCUT2D eigenvalue weighted by atomic mass is 10.1. The van der Waals surface area contributed by atoms with Crippen molar-refractivity contribution in [1.29, 1.82) is 0 Å². The average Bonchev–Trinajstić information content (AvgIpc) is 2.55. The number of likely N-dealkylation sites (N-methyl/N-ethyl adjacent to an activating group) is 1. The fraction of sp³-hybridized carbons (Fsp3) is 0.316. The van der Waals surface area contributed by atoms with Gasteiger partial charge in [0.05, 0.1) is 11.7 Å². The molecule has 0 aromatic rings. The second-order valence-corrected chi connectivity index (χ2v) is 5.44. The Balaban J connectivity index is 3.27. The third-order valence-electron chi connectivity index (χ3n) is 3.62. The first-order valence-electron chi connectivity index (χ1n) is 7.63. The van der Waals surface area contributed by atoms with E-state index < -0.39 is 0 Å². The van der Waals surface area contributed by atoms with Gasteiger partial charge in [0.15, 0.2) is 0 Å². The lowest BCUT2D eigenvalue weighted by Gasteiger charge is -2.33. The summed E-state index contributed by atoms with van der Waals surface area (Å²) in [6.45, 7) is 17.8. The molecule has 3 nitrogen and oxygen atoms in total. The maximum atomic E-state index is 13.6. The maximum Gasteiger partial charge on any atom is 0.119 e. The van der Waals surface area contributed by atoms with Crippen LogP contribution in [-0.4, -0.2) is 23.8 Å². The van der Waals surface area contributed by atoms with Crippen LogP contribution in [-0.2, 0) is 0 Å². The standard InChI is InChI=1S/C19H26FN3/c1-7-8-9-19(16(4)21-6)23-17(5)14(2)10-12-18(20)13-11-15(3)22-23/h7,10,12-13,19,21H,1-2,4-5,8-9,11H2,3,6H3/b12-10-,18-13+,22-15-.